The molecule has 1 aromatic carbocycles. The fraction of sp³-hybridized carbons (Fsp3) is 0.667. The van der Waals surface area contributed by atoms with E-state index >= 15 is 0 Å². The summed E-state index contributed by atoms with van der Waals surface area (Å²) in [4.78, 5) is 6.85. The van der Waals surface area contributed by atoms with Crippen LogP contribution < -0.4 is 10.6 Å². The summed E-state index contributed by atoms with van der Waals surface area (Å²) in [5, 5.41) is 7.05. The zero-order valence-corrected chi connectivity index (χ0v) is 16.8. The number of morpholine rings is 1. The number of hydrogen-bond donors (Lipinski definition) is 2. The van der Waals surface area contributed by atoms with Crippen LogP contribution in [0.3, 0.4) is 0 Å². The second-order valence-electron chi connectivity index (χ2n) is 7.51. The van der Waals surface area contributed by atoms with E-state index in [9.17, 15) is 0 Å². The van der Waals surface area contributed by atoms with Crippen LogP contribution in [0.4, 0.5) is 0 Å². The molecule has 0 saturated carbocycles. The highest BCUT2D eigenvalue weighted by Gasteiger charge is 2.35. The summed E-state index contributed by atoms with van der Waals surface area (Å²) in [5.41, 5.74) is 2.90. The van der Waals surface area contributed by atoms with Crippen LogP contribution in [0.2, 0.25) is 0 Å². The van der Waals surface area contributed by atoms with Gasteiger partial charge in [-0.3, -0.25) is 9.89 Å². The highest BCUT2D eigenvalue weighted by atomic mass is 16.5. The van der Waals surface area contributed by atoms with Crippen molar-refractivity contribution in [1.82, 2.24) is 15.5 Å². The zero-order valence-electron chi connectivity index (χ0n) is 16.8. The Bertz CT molecular complexity index is 608. The first kappa shape index (κ1) is 20.1. The summed E-state index contributed by atoms with van der Waals surface area (Å²) >= 11 is 0. The molecule has 150 valence electrons. The van der Waals surface area contributed by atoms with E-state index in [2.05, 4.69) is 51.7 Å². The van der Waals surface area contributed by atoms with Gasteiger partial charge in [0.25, 0.3) is 0 Å². The Kier molecular flexibility index (Phi) is 7.50. The van der Waals surface area contributed by atoms with Crippen molar-refractivity contribution >= 4 is 5.96 Å². The van der Waals surface area contributed by atoms with Gasteiger partial charge in [0.1, 0.15) is 0 Å². The minimum absolute atomic E-state index is 0.103. The Morgan fingerprint density at radius 3 is 2.48 bits per heavy atom. The number of aliphatic imine (C=N–C) groups is 1. The molecule has 2 aliphatic heterocycles. The number of hydrogen-bond acceptors (Lipinski definition) is 4. The standard InChI is InChI=1S/C21H34N4O2/c1-18-5-3-4-6-19(18)21(7-13-26-14-8-21)17-24-20(22-2)23-9-10-25-11-15-27-16-12-25/h3-6H,7-17H2,1-2H3,(H2,22,23,24). The zero-order chi connectivity index (χ0) is 19.0. The molecule has 0 amide bonds. The van der Waals surface area contributed by atoms with E-state index in [0.29, 0.717) is 0 Å². The molecule has 0 radical (unpaired) electrons. The third kappa shape index (κ3) is 5.43. The summed E-state index contributed by atoms with van der Waals surface area (Å²) in [6.07, 6.45) is 2.07. The van der Waals surface area contributed by atoms with Crippen molar-refractivity contribution < 1.29 is 9.47 Å². The van der Waals surface area contributed by atoms with E-state index in [1.54, 1.807) is 0 Å². The lowest BCUT2D eigenvalue weighted by molar-refractivity contribution is 0.0388. The number of ether oxygens (including phenoxy) is 2. The summed E-state index contributed by atoms with van der Waals surface area (Å²) in [6.45, 7) is 10.3. The third-order valence-electron chi connectivity index (χ3n) is 5.81. The topological polar surface area (TPSA) is 58.1 Å². The van der Waals surface area contributed by atoms with Gasteiger partial charge in [-0.15, -0.1) is 0 Å². The van der Waals surface area contributed by atoms with Crippen molar-refractivity contribution in [2.75, 3.05) is 66.2 Å². The highest BCUT2D eigenvalue weighted by Crippen LogP contribution is 2.36. The van der Waals surface area contributed by atoms with E-state index in [0.717, 1.165) is 78.0 Å². The van der Waals surface area contributed by atoms with E-state index in [4.69, 9.17) is 9.47 Å². The summed E-state index contributed by atoms with van der Waals surface area (Å²) < 4.78 is 11.1. The maximum atomic E-state index is 5.66. The van der Waals surface area contributed by atoms with Crippen molar-refractivity contribution in [3.8, 4) is 0 Å². The lowest BCUT2D eigenvalue weighted by atomic mass is 9.72. The molecule has 2 fully saturated rings. The summed E-state index contributed by atoms with van der Waals surface area (Å²) in [7, 11) is 1.84. The Hall–Kier alpha value is -1.63. The number of guanidine groups is 1. The van der Waals surface area contributed by atoms with E-state index in [1.165, 1.54) is 11.1 Å². The minimum Gasteiger partial charge on any atom is -0.381 e. The van der Waals surface area contributed by atoms with E-state index in [1.807, 2.05) is 7.05 Å². The van der Waals surface area contributed by atoms with Crippen molar-refractivity contribution in [2.24, 2.45) is 4.99 Å². The Labute approximate surface area is 163 Å². The maximum Gasteiger partial charge on any atom is 0.191 e. The molecule has 3 rings (SSSR count). The fourth-order valence-corrected chi connectivity index (χ4v) is 4.10. The molecule has 0 atom stereocenters. The lowest BCUT2D eigenvalue weighted by Gasteiger charge is -2.39. The quantitative estimate of drug-likeness (QED) is 0.584. The Balaban J connectivity index is 1.56. The van der Waals surface area contributed by atoms with Crippen LogP contribution in [0.15, 0.2) is 29.3 Å². The van der Waals surface area contributed by atoms with Crippen molar-refractivity contribution in [1.29, 1.82) is 0 Å². The Morgan fingerprint density at radius 2 is 1.78 bits per heavy atom. The van der Waals surface area contributed by atoms with E-state index < -0.39 is 0 Å². The SMILES string of the molecule is CN=C(NCCN1CCOCC1)NCC1(c2ccccc2C)CCOCC1. The smallest absolute Gasteiger partial charge is 0.191 e. The molecular formula is C21H34N4O2. The largest absolute Gasteiger partial charge is 0.381 e. The van der Waals surface area contributed by atoms with Crippen LogP contribution in [0.25, 0.3) is 0 Å². The molecule has 27 heavy (non-hydrogen) atoms. The Morgan fingerprint density at radius 1 is 1.07 bits per heavy atom. The molecule has 0 spiro atoms. The molecular weight excluding hydrogens is 340 g/mol. The normalized spacial score (nSPS) is 21.0. The van der Waals surface area contributed by atoms with Crippen LogP contribution in [0.5, 0.6) is 0 Å². The van der Waals surface area contributed by atoms with Crippen LogP contribution in [0.1, 0.15) is 24.0 Å². The second-order valence-corrected chi connectivity index (χ2v) is 7.51. The third-order valence-corrected chi connectivity index (χ3v) is 5.81. The van der Waals surface area contributed by atoms with Gasteiger partial charge in [0, 0.05) is 58.4 Å². The van der Waals surface area contributed by atoms with Gasteiger partial charge < -0.3 is 20.1 Å². The van der Waals surface area contributed by atoms with Crippen LogP contribution >= 0.6 is 0 Å². The molecule has 0 aromatic heterocycles. The average molecular weight is 375 g/mol. The average Bonchev–Trinajstić information content (AvgIpc) is 2.72. The number of nitrogens with one attached hydrogen (secondary N) is 2. The predicted octanol–water partition coefficient (Wildman–Crippen LogP) is 1.54. The van der Waals surface area contributed by atoms with Gasteiger partial charge in [0.2, 0.25) is 0 Å². The lowest BCUT2D eigenvalue weighted by Crippen LogP contribution is -2.49. The van der Waals surface area contributed by atoms with Crippen molar-refractivity contribution in [3.63, 3.8) is 0 Å². The molecule has 0 aliphatic carbocycles. The first-order valence-corrected chi connectivity index (χ1v) is 10.1. The van der Waals surface area contributed by atoms with Crippen molar-refractivity contribution in [3.05, 3.63) is 35.4 Å². The molecule has 1 aromatic rings. The molecule has 2 heterocycles. The van der Waals surface area contributed by atoms with Gasteiger partial charge in [0.05, 0.1) is 13.2 Å². The first-order chi connectivity index (χ1) is 13.2. The molecule has 6 nitrogen and oxygen atoms in total. The predicted molar refractivity (Wildman–Crippen MR) is 110 cm³/mol. The maximum absolute atomic E-state index is 5.66. The monoisotopic (exact) mass is 374 g/mol. The van der Waals surface area contributed by atoms with Gasteiger partial charge in [-0.25, -0.2) is 0 Å². The molecule has 0 unspecified atom stereocenters. The van der Waals surface area contributed by atoms with Crippen molar-refractivity contribution in [2.45, 2.75) is 25.2 Å². The van der Waals surface area contributed by atoms with Gasteiger partial charge >= 0.3 is 0 Å². The highest BCUT2D eigenvalue weighted by molar-refractivity contribution is 5.79. The van der Waals surface area contributed by atoms with Gasteiger partial charge in [-0.05, 0) is 30.9 Å². The first-order valence-electron chi connectivity index (χ1n) is 10.1. The number of nitrogens with zero attached hydrogens (tertiary/aromatic N) is 2. The van der Waals surface area contributed by atoms with Gasteiger partial charge in [0.15, 0.2) is 5.96 Å². The minimum atomic E-state index is 0.103. The number of benzene rings is 1. The molecule has 2 aliphatic rings. The molecule has 0 bridgehead atoms. The second kappa shape index (κ2) is 10.1. The summed E-state index contributed by atoms with van der Waals surface area (Å²) in [6, 6.07) is 8.75. The number of rotatable bonds is 6. The fourth-order valence-electron chi connectivity index (χ4n) is 4.10. The summed E-state index contributed by atoms with van der Waals surface area (Å²) in [5.74, 6) is 0.878. The van der Waals surface area contributed by atoms with Crippen LogP contribution in [0, 0.1) is 6.92 Å². The van der Waals surface area contributed by atoms with E-state index in [-0.39, 0.29) is 5.41 Å². The molecule has 6 heteroatoms. The molecule has 2 N–H and O–H groups in total. The van der Waals surface area contributed by atoms with Gasteiger partial charge in [-0.1, -0.05) is 24.3 Å². The number of aryl methyl sites for hydroxylation is 1. The van der Waals surface area contributed by atoms with Crippen LogP contribution in [-0.2, 0) is 14.9 Å². The van der Waals surface area contributed by atoms with Gasteiger partial charge in [-0.2, -0.15) is 0 Å². The molecule has 2 saturated heterocycles. The van der Waals surface area contributed by atoms with Crippen LogP contribution in [-0.4, -0.2) is 77.1 Å².